The first-order valence-corrected chi connectivity index (χ1v) is 5.82. The molecule has 0 saturated carbocycles. The van der Waals surface area contributed by atoms with E-state index in [1.165, 1.54) is 19.2 Å². The van der Waals surface area contributed by atoms with Gasteiger partial charge < -0.3 is 15.2 Å². The van der Waals surface area contributed by atoms with Gasteiger partial charge in [-0.1, -0.05) is 6.07 Å². The fraction of sp³-hybridized carbons (Fsp3) is 0.143. The van der Waals surface area contributed by atoms with E-state index in [1.807, 2.05) is 0 Å². The van der Waals surface area contributed by atoms with E-state index in [9.17, 15) is 9.18 Å². The molecule has 0 aliphatic carbocycles. The molecule has 0 aliphatic rings. The molecular formula is C14H13FN2O3. The van der Waals surface area contributed by atoms with E-state index >= 15 is 0 Å². The number of nitrogens with two attached hydrogens (primary N) is 1. The van der Waals surface area contributed by atoms with E-state index in [0.29, 0.717) is 11.6 Å². The van der Waals surface area contributed by atoms with Gasteiger partial charge in [-0.05, 0) is 24.3 Å². The number of hydrogen-bond acceptors (Lipinski definition) is 5. The summed E-state index contributed by atoms with van der Waals surface area (Å²) in [6, 6.07) is 8.87. The quantitative estimate of drug-likeness (QED) is 0.684. The number of pyridine rings is 1. The molecule has 0 bridgehead atoms. The lowest BCUT2D eigenvalue weighted by atomic mass is 10.2. The maximum absolute atomic E-state index is 13.2. The highest BCUT2D eigenvalue weighted by atomic mass is 19.1. The number of carbonyl (C=O) groups excluding carboxylic acids is 1. The molecule has 0 saturated heterocycles. The van der Waals surface area contributed by atoms with Crippen molar-refractivity contribution in [2.24, 2.45) is 0 Å². The Labute approximate surface area is 115 Å². The molecular weight excluding hydrogens is 263 g/mol. The first-order valence-electron chi connectivity index (χ1n) is 5.82. The molecule has 104 valence electrons. The van der Waals surface area contributed by atoms with Crippen molar-refractivity contribution < 1.29 is 18.7 Å². The molecule has 0 amide bonds. The zero-order valence-corrected chi connectivity index (χ0v) is 10.8. The topological polar surface area (TPSA) is 74.4 Å². The maximum atomic E-state index is 13.2. The number of nitrogens with zero attached hydrogens (tertiary/aromatic N) is 1. The normalized spacial score (nSPS) is 10.1. The SMILES string of the molecule is COc1cccc(COC(=O)c2ccc(N)c(F)c2)n1. The van der Waals surface area contributed by atoms with Crippen LogP contribution in [0.3, 0.4) is 0 Å². The van der Waals surface area contributed by atoms with E-state index < -0.39 is 11.8 Å². The minimum absolute atomic E-state index is 0.0176. The lowest BCUT2D eigenvalue weighted by molar-refractivity contribution is 0.0466. The second kappa shape index (κ2) is 6.01. The number of esters is 1. The number of methoxy groups -OCH3 is 1. The van der Waals surface area contributed by atoms with Crippen LogP contribution in [0.2, 0.25) is 0 Å². The van der Waals surface area contributed by atoms with Gasteiger partial charge in [-0.2, -0.15) is 0 Å². The van der Waals surface area contributed by atoms with Gasteiger partial charge in [-0.3, -0.25) is 0 Å². The van der Waals surface area contributed by atoms with E-state index in [2.05, 4.69) is 4.98 Å². The van der Waals surface area contributed by atoms with Gasteiger partial charge in [0, 0.05) is 6.07 Å². The molecule has 1 aromatic heterocycles. The standard InChI is InChI=1S/C14H13FN2O3/c1-19-13-4-2-3-10(17-13)8-20-14(18)9-5-6-12(16)11(15)7-9/h2-7H,8,16H2,1H3. The van der Waals surface area contributed by atoms with Crippen molar-refractivity contribution in [1.29, 1.82) is 0 Å². The van der Waals surface area contributed by atoms with Crippen molar-refractivity contribution in [3.05, 3.63) is 53.5 Å². The van der Waals surface area contributed by atoms with Gasteiger partial charge in [0.25, 0.3) is 0 Å². The van der Waals surface area contributed by atoms with Gasteiger partial charge in [0.05, 0.1) is 24.1 Å². The molecule has 2 aromatic rings. The molecule has 1 aromatic carbocycles. The molecule has 0 radical (unpaired) electrons. The third-order valence-electron chi connectivity index (χ3n) is 2.58. The van der Waals surface area contributed by atoms with Crippen LogP contribution in [-0.4, -0.2) is 18.1 Å². The summed E-state index contributed by atoms with van der Waals surface area (Å²) in [6.45, 7) is -0.0258. The van der Waals surface area contributed by atoms with Crippen molar-refractivity contribution in [1.82, 2.24) is 4.98 Å². The van der Waals surface area contributed by atoms with Gasteiger partial charge in [-0.15, -0.1) is 0 Å². The summed E-state index contributed by atoms with van der Waals surface area (Å²) in [5.74, 6) is -0.871. The summed E-state index contributed by atoms with van der Waals surface area (Å²) in [4.78, 5) is 15.8. The van der Waals surface area contributed by atoms with Gasteiger partial charge in [0.15, 0.2) is 0 Å². The fourth-order valence-corrected chi connectivity index (χ4v) is 1.53. The molecule has 0 spiro atoms. The maximum Gasteiger partial charge on any atom is 0.338 e. The van der Waals surface area contributed by atoms with Crippen molar-refractivity contribution in [3.8, 4) is 5.88 Å². The Hall–Kier alpha value is -2.63. The number of aromatic nitrogens is 1. The van der Waals surface area contributed by atoms with Crippen LogP contribution >= 0.6 is 0 Å². The second-order valence-electron chi connectivity index (χ2n) is 3.98. The third kappa shape index (κ3) is 3.23. The largest absolute Gasteiger partial charge is 0.481 e. The predicted molar refractivity (Wildman–Crippen MR) is 70.7 cm³/mol. The first kappa shape index (κ1) is 13.8. The smallest absolute Gasteiger partial charge is 0.338 e. The van der Waals surface area contributed by atoms with E-state index in [-0.39, 0.29) is 17.9 Å². The van der Waals surface area contributed by atoms with Crippen molar-refractivity contribution in [2.75, 3.05) is 12.8 Å². The molecule has 0 fully saturated rings. The lowest BCUT2D eigenvalue weighted by Crippen LogP contribution is -2.07. The summed E-state index contributed by atoms with van der Waals surface area (Å²) in [6.07, 6.45) is 0. The van der Waals surface area contributed by atoms with Crippen molar-refractivity contribution >= 4 is 11.7 Å². The molecule has 2 rings (SSSR count). The van der Waals surface area contributed by atoms with Crippen LogP contribution in [-0.2, 0) is 11.3 Å². The predicted octanol–water partition coefficient (Wildman–Crippen LogP) is 2.17. The highest BCUT2D eigenvalue weighted by Crippen LogP contribution is 2.14. The van der Waals surface area contributed by atoms with E-state index in [0.717, 1.165) is 6.07 Å². The van der Waals surface area contributed by atoms with Gasteiger partial charge in [0.2, 0.25) is 5.88 Å². The highest BCUT2D eigenvalue weighted by Gasteiger charge is 2.10. The van der Waals surface area contributed by atoms with Gasteiger partial charge in [0.1, 0.15) is 12.4 Å². The molecule has 6 heteroatoms. The second-order valence-corrected chi connectivity index (χ2v) is 3.98. The Balaban J connectivity index is 2.02. The molecule has 0 unspecified atom stereocenters. The molecule has 5 nitrogen and oxygen atoms in total. The Morgan fingerprint density at radius 2 is 2.15 bits per heavy atom. The van der Waals surface area contributed by atoms with E-state index in [4.69, 9.17) is 15.2 Å². The van der Waals surface area contributed by atoms with Crippen molar-refractivity contribution in [2.45, 2.75) is 6.61 Å². The van der Waals surface area contributed by atoms with Crippen LogP contribution in [0.15, 0.2) is 36.4 Å². The van der Waals surface area contributed by atoms with Crippen LogP contribution in [0.5, 0.6) is 5.88 Å². The summed E-state index contributed by atoms with van der Waals surface area (Å²) >= 11 is 0. The Morgan fingerprint density at radius 1 is 1.35 bits per heavy atom. The minimum Gasteiger partial charge on any atom is -0.481 e. The summed E-state index contributed by atoms with van der Waals surface area (Å²) in [5.41, 5.74) is 5.95. The molecule has 20 heavy (non-hydrogen) atoms. The summed E-state index contributed by atoms with van der Waals surface area (Å²) in [5, 5.41) is 0. The zero-order chi connectivity index (χ0) is 14.5. The third-order valence-corrected chi connectivity index (χ3v) is 2.58. The van der Waals surface area contributed by atoms with Crippen LogP contribution in [0.25, 0.3) is 0 Å². The number of nitrogen functional groups attached to an aromatic ring is 1. The molecule has 0 atom stereocenters. The van der Waals surface area contributed by atoms with Crippen LogP contribution in [0.4, 0.5) is 10.1 Å². The van der Waals surface area contributed by atoms with Crippen LogP contribution < -0.4 is 10.5 Å². The Bertz CT molecular complexity index is 632. The highest BCUT2D eigenvalue weighted by molar-refractivity contribution is 5.89. The minimum atomic E-state index is -0.654. The number of rotatable bonds is 4. The van der Waals surface area contributed by atoms with Crippen molar-refractivity contribution in [3.63, 3.8) is 0 Å². The monoisotopic (exact) mass is 276 g/mol. The fourth-order valence-electron chi connectivity index (χ4n) is 1.53. The van der Waals surface area contributed by atoms with Crippen LogP contribution in [0, 0.1) is 5.82 Å². The van der Waals surface area contributed by atoms with Gasteiger partial charge >= 0.3 is 5.97 Å². The number of anilines is 1. The number of ether oxygens (including phenoxy) is 2. The number of carbonyl (C=O) groups is 1. The molecule has 2 N–H and O–H groups in total. The summed E-state index contributed by atoms with van der Waals surface area (Å²) in [7, 11) is 1.50. The Morgan fingerprint density at radius 3 is 2.85 bits per heavy atom. The number of halogens is 1. The molecule has 0 aliphatic heterocycles. The van der Waals surface area contributed by atoms with Gasteiger partial charge in [-0.25, -0.2) is 14.2 Å². The average Bonchev–Trinajstić information content (AvgIpc) is 2.47. The average molecular weight is 276 g/mol. The first-order chi connectivity index (χ1) is 9.60. The number of hydrogen-bond donors (Lipinski definition) is 1. The lowest BCUT2D eigenvalue weighted by Gasteiger charge is -2.06. The van der Waals surface area contributed by atoms with E-state index in [1.54, 1.807) is 18.2 Å². The zero-order valence-electron chi connectivity index (χ0n) is 10.8. The van der Waals surface area contributed by atoms with Crippen LogP contribution in [0.1, 0.15) is 16.1 Å². The molecule has 1 heterocycles. The Kier molecular flexibility index (Phi) is 4.14. The summed E-state index contributed by atoms with van der Waals surface area (Å²) < 4.78 is 23.2. The number of benzene rings is 1.